The molecule has 1 aromatic rings. The summed E-state index contributed by atoms with van der Waals surface area (Å²) in [5.74, 6) is -2.06. The van der Waals surface area contributed by atoms with Crippen molar-refractivity contribution in [3.8, 4) is 0 Å². The SMILES string of the molecule is CCC(NC(=O)C1CC(=O)N(c2ccc(N3CCCC3)cc2)C1)C(=O)O. The minimum atomic E-state index is -1.06. The first-order chi connectivity index (χ1) is 12.5. The van der Waals surface area contributed by atoms with E-state index < -0.39 is 17.9 Å². The zero-order chi connectivity index (χ0) is 18.7. The van der Waals surface area contributed by atoms with Crippen LogP contribution in [-0.2, 0) is 14.4 Å². The van der Waals surface area contributed by atoms with E-state index >= 15 is 0 Å². The maximum absolute atomic E-state index is 12.3. The summed E-state index contributed by atoms with van der Waals surface area (Å²) in [5.41, 5.74) is 1.93. The Morgan fingerprint density at radius 1 is 1.19 bits per heavy atom. The minimum Gasteiger partial charge on any atom is -0.480 e. The number of carbonyl (C=O) groups is 3. The highest BCUT2D eigenvalue weighted by atomic mass is 16.4. The molecule has 2 fully saturated rings. The number of nitrogens with zero attached hydrogens (tertiary/aromatic N) is 2. The molecule has 140 valence electrons. The molecule has 0 aromatic heterocycles. The normalized spacial score (nSPS) is 21.1. The van der Waals surface area contributed by atoms with Gasteiger partial charge in [-0.1, -0.05) is 6.92 Å². The average Bonchev–Trinajstić information content (AvgIpc) is 3.29. The monoisotopic (exact) mass is 359 g/mol. The van der Waals surface area contributed by atoms with E-state index in [0.29, 0.717) is 6.42 Å². The maximum Gasteiger partial charge on any atom is 0.326 e. The quantitative estimate of drug-likeness (QED) is 0.806. The highest BCUT2D eigenvalue weighted by Crippen LogP contribution is 2.28. The van der Waals surface area contributed by atoms with Gasteiger partial charge in [0.25, 0.3) is 0 Å². The van der Waals surface area contributed by atoms with E-state index in [1.54, 1.807) is 11.8 Å². The number of rotatable bonds is 6. The van der Waals surface area contributed by atoms with Crippen LogP contribution < -0.4 is 15.1 Å². The summed E-state index contributed by atoms with van der Waals surface area (Å²) >= 11 is 0. The van der Waals surface area contributed by atoms with Crippen LogP contribution in [0.1, 0.15) is 32.6 Å². The van der Waals surface area contributed by atoms with Gasteiger partial charge >= 0.3 is 5.97 Å². The van der Waals surface area contributed by atoms with Crippen LogP contribution in [0.2, 0.25) is 0 Å². The van der Waals surface area contributed by atoms with Crippen LogP contribution in [0.25, 0.3) is 0 Å². The number of amides is 2. The molecule has 2 unspecified atom stereocenters. The third-order valence-electron chi connectivity index (χ3n) is 5.15. The predicted molar refractivity (Wildman–Crippen MR) is 98.2 cm³/mol. The van der Waals surface area contributed by atoms with Gasteiger partial charge < -0.3 is 20.2 Å². The molecule has 0 bridgehead atoms. The van der Waals surface area contributed by atoms with Gasteiger partial charge in [-0.3, -0.25) is 9.59 Å². The largest absolute Gasteiger partial charge is 0.480 e. The Morgan fingerprint density at radius 2 is 1.81 bits per heavy atom. The van der Waals surface area contributed by atoms with Crippen LogP contribution >= 0.6 is 0 Å². The third-order valence-corrected chi connectivity index (χ3v) is 5.15. The summed E-state index contributed by atoms with van der Waals surface area (Å²) in [6.07, 6.45) is 2.83. The molecule has 2 amide bonds. The molecule has 7 nitrogen and oxygen atoms in total. The van der Waals surface area contributed by atoms with E-state index in [-0.39, 0.29) is 24.8 Å². The molecule has 1 aromatic carbocycles. The molecule has 2 saturated heterocycles. The van der Waals surface area contributed by atoms with Gasteiger partial charge in [0.1, 0.15) is 6.04 Å². The molecule has 0 radical (unpaired) electrons. The Labute approximate surface area is 153 Å². The molecule has 0 spiro atoms. The molecule has 0 aliphatic carbocycles. The van der Waals surface area contributed by atoms with Gasteiger partial charge in [0.2, 0.25) is 11.8 Å². The molecule has 2 aliphatic rings. The van der Waals surface area contributed by atoms with Crippen LogP contribution in [0.3, 0.4) is 0 Å². The average molecular weight is 359 g/mol. The lowest BCUT2D eigenvalue weighted by atomic mass is 10.1. The Hall–Kier alpha value is -2.57. The van der Waals surface area contributed by atoms with E-state index in [4.69, 9.17) is 5.11 Å². The van der Waals surface area contributed by atoms with Crippen molar-refractivity contribution in [3.05, 3.63) is 24.3 Å². The molecule has 0 saturated carbocycles. The summed E-state index contributed by atoms with van der Waals surface area (Å²) < 4.78 is 0. The Bertz CT molecular complexity index is 683. The summed E-state index contributed by atoms with van der Waals surface area (Å²) in [6, 6.07) is 6.94. The molecule has 2 atom stereocenters. The van der Waals surface area contributed by atoms with Crippen molar-refractivity contribution in [3.63, 3.8) is 0 Å². The first-order valence-electron chi connectivity index (χ1n) is 9.18. The summed E-state index contributed by atoms with van der Waals surface area (Å²) in [5, 5.41) is 11.6. The van der Waals surface area contributed by atoms with Crippen LogP contribution in [0.5, 0.6) is 0 Å². The van der Waals surface area contributed by atoms with Gasteiger partial charge in [0.15, 0.2) is 0 Å². The van der Waals surface area contributed by atoms with Gasteiger partial charge in [0, 0.05) is 37.4 Å². The molecular weight excluding hydrogens is 334 g/mol. The lowest BCUT2D eigenvalue weighted by Crippen LogP contribution is -2.43. The number of benzene rings is 1. The second-order valence-electron chi connectivity index (χ2n) is 6.92. The molecule has 7 heteroatoms. The second-order valence-corrected chi connectivity index (χ2v) is 6.92. The molecule has 3 rings (SSSR count). The Morgan fingerprint density at radius 3 is 2.38 bits per heavy atom. The Balaban J connectivity index is 1.64. The van der Waals surface area contributed by atoms with Gasteiger partial charge in [-0.05, 0) is 43.5 Å². The predicted octanol–water partition coefficient (Wildman–Crippen LogP) is 1.62. The first kappa shape index (κ1) is 18.2. The first-order valence-corrected chi connectivity index (χ1v) is 9.18. The van der Waals surface area contributed by atoms with Crippen LogP contribution in [-0.4, -0.2) is 48.6 Å². The van der Waals surface area contributed by atoms with Crippen molar-refractivity contribution >= 4 is 29.2 Å². The number of aliphatic carboxylic acids is 1. The molecule has 2 heterocycles. The van der Waals surface area contributed by atoms with E-state index in [9.17, 15) is 14.4 Å². The van der Waals surface area contributed by atoms with E-state index in [1.165, 1.54) is 12.8 Å². The summed E-state index contributed by atoms with van der Waals surface area (Å²) in [4.78, 5) is 39.7. The van der Waals surface area contributed by atoms with Gasteiger partial charge in [-0.15, -0.1) is 0 Å². The molecule has 2 aliphatic heterocycles. The fraction of sp³-hybridized carbons (Fsp3) is 0.526. The number of carboxylic acid groups (broad SMARTS) is 1. The Kier molecular flexibility index (Phi) is 5.44. The van der Waals surface area contributed by atoms with Gasteiger partial charge in [0.05, 0.1) is 5.92 Å². The van der Waals surface area contributed by atoms with Crippen molar-refractivity contribution in [2.45, 2.75) is 38.6 Å². The number of carbonyl (C=O) groups excluding carboxylic acids is 2. The van der Waals surface area contributed by atoms with Crippen LogP contribution in [0.15, 0.2) is 24.3 Å². The van der Waals surface area contributed by atoms with Crippen molar-refractivity contribution in [1.29, 1.82) is 0 Å². The van der Waals surface area contributed by atoms with E-state index in [1.807, 2.05) is 24.3 Å². The third kappa shape index (κ3) is 3.81. The molecule has 2 N–H and O–H groups in total. The van der Waals surface area contributed by atoms with E-state index in [0.717, 1.165) is 24.5 Å². The summed E-state index contributed by atoms with van der Waals surface area (Å²) in [6.45, 7) is 4.11. The van der Waals surface area contributed by atoms with Crippen LogP contribution in [0.4, 0.5) is 11.4 Å². The van der Waals surface area contributed by atoms with Crippen LogP contribution in [0, 0.1) is 5.92 Å². The fourth-order valence-electron chi connectivity index (χ4n) is 3.58. The molecule has 26 heavy (non-hydrogen) atoms. The molecular formula is C19H25N3O4. The van der Waals surface area contributed by atoms with Crippen molar-refractivity contribution < 1.29 is 19.5 Å². The number of hydrogen-bond acceptors (Lipinski definition) is 4. The smallest absolute Gasteiger partial charge is 0.326 e. The second kappa shape index (κ2) is 7.76. The number of nitrogens with one attached hydrogen (secondary N) is 1. The highest BCUT2D eigenvalue weighted by Gasteiger charge is 2.36. The zero-order valence-electron chi connectivity index (χ0n) is 15.0. The number of anilines is 2. The standard InChI is InChI=1S/C19H25N3O4/c1-2-16(19(25)26)20-18(24)13-11-17(23)22(12-13)15-7-5-14(6-8-15)21-9-3-4-10-21/h5-8,13,16H,2-4,9-12H2,1H3,(H,20,24)(H,25,26). The fourth-order valence-corrected chi connectivity index (χ4v) is 3.58. The lowest BCUT2D eigenvalue weighted by molar-refractivity contribution is -0.142. The summed E-state index contributed by atoms with van der Waals surface area (Å²) in [7, 11) is 0. The van der Waals surface area contributed by atoms with Crippen molar-refractivity contribution in [1.82, 2.24) is 5.32 Å². The van der Waals surface area contributed by atoms with Gasteiger partial charge in [-0.2, -0.15) is 0 Å². The van der Waals surface area contributed by atoms with Crippen molar-refractivity contribution in [2.24, 2.45) is 5.92 Å². The van der Waals surface area contributed by atoms with Crippen molar-refractivity contribution in [2.75, 3.05) is 29.4 Å². The number of hydrogen-bond donors (Lipinski definition) is 2. The lowest BCUT2D eigenvalue weighted by Gasteiger charge is -2.21. The topological polar surface area (TPSA) is 90.0 Å². The zero-order valence-corrected chi connectivity index (χ0v) is 15.0. The van der Waals surface area contributed by atoms with Gasteiger partial charge in [-0.25, -0.2) is 4.79 Å². The number of carboxylic acids is 1. The maximum atomic E-state index is 12.3. The van der Waals surface area contributed by atoms with E-state index in [2.05, 4.69) is 10.2 Å². The minimum absolute atomic E-state index is 0.107. The highest BCUT2D eigenvalue weighted by molar-refractivity contribution is 6.00.